The van der Waals surface area contributed by atoms with Gasteiger partial charge in [-0.2, -0.15) is 0 Å². The van der Waals surface area contributed by atoms with Gasteiger partial charge in [0.25, 0.3) is 0 Å². The summed E-state index contributed by atoms with van der Waals surface area (Å²) >= 11 is 0. The van der Waals surface area contributed by atoms with Crippen molar-refractivity contribution in [3.05, 3.63) is 23.8 Å². The maximum atomic E-state index is 11.1. The molecule has 0 heterocycles. The summed E-state index contributed by atoms with van der Waals surface area (Å²) in [5.41, 5.74) is 6.00. The average Bonchev–Trinajstić information content (AvgIpc) is 2.42. The molecule has 0 spiro atoms. The van der Waals surface area contributed by atoms with Crippen molar-refractivity contribution in [2.75, 3.05) is 0 Å². The van der Waals surface area contributed by atoms with Crippen molar-refractivity contribution in [1.29, 1.82) is 0 Å². The number of nitrogens with one attached hydrogen (secondary N) is 1. The highest BCUT2D eigenvalue weighted by Crippen LogP contribution is 2.30. The molecule has 1 fully saturated rings. The van der Waals surface area contributed by atoms with Crippen LogP contribution in [0.4, 0.5) is 0 Å². The molecule has 5 heteroatoms. The molecule has 0 saturated heterocycles. The fraction of sp³-hybridized carbons (Fsp3) is 0.533. The molecule has 1 atom stereocenters. The Bertz CT molecular complexity index is 482. The predicted octanol–water partition coefficient (Wildman–Crippen LogP) is 1.79. The van der Waals surface area contributed by atoms with Gasteiger partial charge < -0.3 is 21.3 Å². The van der Waals surface area contributed by atoms with Crippen LogP contribution >= 0.6 is 0 Å². The number of rotatable bonds is 4. The molecule has 5 nitrogen and oxygen atoms in total. The zero-order valence-electron chi connectivity index (χ0n) is 11.7. The molecular formula is C15H22N2O3. The third kappa shape index (κ3) is 3.42. The number of aromatic hydroxyl groups is 2. The van der Waals surface area contributed by atoms with Gasteiger partial charge in [0.15, 0.2) is 0 Å². The third-order valence-electron chi connectivity index (χ3n) is 4.09. The van der Waals surface area contributed by atoms with E-state index in [1.165, 1.54) is 12.1 Å². The first-order valence-corrected chi connectivity index (χ1v) is 7.04. The van der Waals surface area contributed by atoms with Gasteiger partial charge in [0.05, 0.1) is 0 Å². The molecule has 20 heavy (non-hydrogen) atoms. The van der Waals surface area contributed by atoms with Crippen LogP contribution in [0.2, 0.25) is 0 Å². The van der Waals surface area contributed by atoms with E-state index in [4.69, 9.17) is 5.73 Å². The second kappa shape index (κ2) is 6.13. The van der Waals surface area contributed by atoms with E-state index in [0.717, 1.165) is 25.7 Å². The third-order valence-corrected chi connectivity index (χ3v) is 4.09. The summed E-state index contributed by atoms with van der Waals surface area (Å²) in [5.74, 6) is 0.108. The topological polar surface area (TPSA) is 95.6 Å². The van der Waals surface area contributed by atoms with Crippen LogP contribution < -0.4 is 11.1 Å². The van der Waals surface area contributed by atoms with Gasteiger partial charge in [0, 0.05) is 23.6 Å². The van der Waals surface area contributed by atoms with Crippen molar-refractivity contribution in [2.24, 2.45) is 11.7 Å². The fourth-order valence-electron chi connectivity index (χ4n) is 2.88. The Morgan fingerprint density at radius 3 is 2.55 bits per heavy atom. The van der Waals surface area contributed by atoms with Gasteiger partial charge >= 0.3 is 0 Å². The lowest BCUT2D eigenvalue weighted by atomic mass is 9.85. The van der Waals surface area contributed by atoms with Crippen LogP contribution in [0.3, 0.4) is 0 Å². The number of hydrogen-bond donors (Lipinski definition) is 4. The number of benzene rings is 1. The highest BCUT2D eigenvalue weighted by atomic mass is 16.3. The summed E-state index contributed by atoms with van der Waals surface area (Å²) in [6, 6.07) is 4.78. The molecule has 1 aromatic carbocycles. The quantitative estimate of drug-likeness (QED) is 0.631. The van der Waals surface area contributed by atoms with Gasteiger partial charge in [-0.1, -0.05) is 0 Å². The fourth-order valence-corrected chi connectivity index (χ4v) is 2.88. The standard InChI is InChI=1S/C15H22N2O3/c1-9(13-8-12(18)6-7-14(13)19)17-11-4-2-10(3-5-11)15(16)20/h6-11,17-19H,2-5H2,1H3,(H2,16,20). The van der Waals surface area contributed by atoms with Crippen molar-refractivity contribution < 1.29 is 15.0 Å². The molecule has 0 radical (unpaired) electrons. The summed E-state index contributed by atoms with van der Waals surface area (Å²) in [6.45, 7) is 1.95. The van der Waals surface area contributed by atoms with Crippen LogP contribution in [0.5, 0.6) is 11.5 Å². The molecule has 1 aromatic rings. The van der Waals surface area contributed by atoms with Crippen LogP contribution in [-0.4, -0.2) is 22.2 Å². The molecule has 0 aromatic heterocycles. The Balaban J connectivity index is 1.94. The summed E-state index contributed by atoms with van der Waals surface area (Å²) in [6.07, 6.45) is 3.42. The van der Waals surface area contributed by atoms with Crippen LogP contribution in [0.1, 0.15) is 44.2 Å². The zero-order chi connectivity index (χ0) is 14.7. The van der Waals surface area contributed by atoms with Crippen molar-refractivity contribution in [3.63, 3.8) is 0 Å². The first kappa shape index (κ1) is 14.7. The first-order valence-electron chi connectivity index (χ1n) is 7.04. The van der Waals surface area contributed by atoms with E-state index in [0.29, 0.717) is 11.6 Å². The molecule has 0 bridgehead atoms. The van der Waals surface area contributed by atoms with E-state index < -0.39 is 0 Å². The summed E-state index contributed by atoms with van der Waals surface area (Å²) < 4.78 is 0. The molecular weight excluding hydrogens is 256 g/mol. The van der Waals surface area contributed by atoms with Gasteiger partial charge in [-0.15, -0.1) is 0 Å². The Morgan fingerprint density at radius 2 is 1.95 bits per heavy atom. The maximum Gasteiger partial charge on any atom is 0.220 e. The molecule has 0 aliphatic heterocycles. The van der Waals surface area contributed by atoms with Crippen LogP contribution in [0.25, 0.3) is 0 Å². The van der Waals surface area contributed by atoms with Crippen molar-refractivity contribution >= 4 is 5.91 Å². The minimum absolute atomic E-state index is 0.00229. The first-order chi connectivity index (χ1) is 9.47. The molecule has 5 N–H and O–H groups in total. The Morgan fingerprint density at radius 1 is 1.30 bits per heavy atom. The molecule has 1 unspecified atom stereocenters. The molecule has 110 valence electrons. The monoisotopic (exact) mass is 278 g/mol. The number of phenols is 2. The van der Waals surface area contributed by atoms with Crippen molar-refractivity contribution in [1.82, 2.24) is 5.32 Å². The molecule has 1 amide bonds. The normalized spacial score (nSPS) is 24.2. The highest BCUT2D eigenvalue weighted by Gasteiger charge is 2.26. The lowest BCUT2D eigenvalue weighted by molar-refractivity contribution is -0.122. The average molecular weight is 278 g/mol. The number of carbonyl (C=O) groups excluding carboxylic acids is 1. The summed E-state index contributed by atoms with van der Waals surface area (Å²) in [5, 5.41) is 22.8. The lowest BCUT2D eigenvalue weighted by Gasteiger charge is -2.30. The second-order valence-electron chi connectivity index (χ2n) is 5.58. The van der Waals surface area contributed by atoms with E-state index in [2.05, 4.69) is 5.32 Å². The van der Waals surface area contributed by atoms with Gasteiger partial charge in [-0.25, -0.2) is 0 Å². The van der Waals surface area contributed by atoms with E-state index in [9.17, 15) is 15.0 Å². The smallest absolute Gasteiger partial charge is 0.220 e. The summed E-state index contributed by atoms with van der Waals surface area (Å²) in [7, 11) is 0. The summed E-state index contributed by atoms with van der Waals surface area (Å²) in [4.78, 5) is 11.1. The minimum atomic E-state index is -0.206. The number of hydrogen-bond acceptors (Lipinski definition) is 4. The number of primary amides is 1. The van der Waals surface area contributed by atoms with E-state index in [-0.39, 0.29) is 29.4 Å². The maximum absolute atomic E-state index is 11.1. The zero-order valence-corrected chi connectivity index (χ0v) is 11.7. The SMILES string of the molecule is CC(NC1CCC(C(N)=O)CC1)c1cc(O)ccc1O. The number of nitrogens with two attached hydrogens (primary N) is 1. The lowest BCUT2D eigenvalue weighted by Crippen LogP contribution is -2.37. The highest BCUT2D eigenvalue weighted by molar-refractivity contribution is 5.76. The Labute approximate surface area is 118 Å². The van der Waals surface area contributed by atoms with Gasteiger partial charge in [-0.3, -0.25) is 4.79 Å². The van der Waals surface area contributed by atoms with Gasteiger partial charge in [0.2, 0.25) is 5.91 Å². The Hall–Kier alpha value is -1.75. The largest absolute Gasteiger partial charge is 0.508 e. The number of amides is 1. The minimum Gasteiger partial charge on any atom is -0.508 e. The molecule has 2 rings (SSSR count). The molecule has 1 aliphatic carbocycles. The van der Waals surface area contributed by atoms with E-state index in [1.807, 2.05) is 6.92 Å². The van der Waals surface area contributed by atoms with E-state index in [1.54, 1.807) is 6.07 Å². The van der Waals surface area contributed by atoms with Crippen LogP contribution in [0, 0.1) is 5.92 Å². The molecule has 1 aliphatic rings. The number of carbonyl (C=O) groups is 1. The Kier molecular flexibility index (Phi) is 4.49. The van der Waals surface area contributed by atoms with Gasteiger partial charge in [0.1, 0.15) is 11.5 Å². The van der Waals surface area contributed by atoms with Gasteiger partial charge in [-0.05, 0) is 50.8 Å². The second-order valence-corrected chi connectivity index (χ2v) is 5.58. The van der Waals surface area contributed by atoms with Crippen molar-refractivity contribution in [2.45, 2.75) is 44.7 Å². The predicted molar refractivity (Wildman–Crippen MR) is 76.3 cm³/mol. The van der Waals surface area contributed by atoms with E-state index >= 15 is 0 Å². The number of phenolic OH excluding ortho intramolecular Hbond substituents is 2. The van der Waals surface area contributed by atoms with Crippen LogP contribution in [0.15, 0.2) is 18.2 Å². The molecule has 1 saturated carbocycles. The van der Waals surface area contributed by atoms with Crippen molar-refractivity contribution in [3.8, 4) is 11.5 Å². The van der Waals surface area contributed by atoms with Crippen LogP contribution in [-0.2, 0) is 4.79 Å².